The summed E-state index contributed by atoms with van der Waals surface area (Å²) in [6.45, 7) is 0.182. The number of aromatic nitrogens is 3. The number of aryl methyl sites for hydroxylation is 1. The molecule has 2 aliphatic rings. The average Bonchev–Trinajstić information content (AvgIpc) is 3.53. The van der Waals surface area contributed by atoms with Gasteiger partial charge in [0.15, 0.2) is 11.5 Å². The number of para-hydroxylation sites is 2. The van der Waals surface area contributed by atoms with Crippen LogP contribution in [0.3, 0.4) is 0 Å². The van der Waals surface area contributed by atoms with Crippen LogP contribution < -0.4 is 26.0 Å². The van der Waals surface area contributed by atoms with Gasteiger partial charge in [0.1, 0.15) is 0 Å². The van der Waals surface area contributed by atoms with Crippen molar-refractivity contribution in [1.29, 1.82) is 0 Å². The van der Waals surface area contributed by atoms with Crippen molar-refractivity contribution < 1.29 is 9.47 Å². The van der Waals surface area contributed by atoms with E-state index in [1.807, 2.05) is 72.8 Å². The molecule has 178 valence electrons. The van der Waals surface area contributed by atoms with Gasteiger partial charge in [0.25, 0.3) is 5.56 Å². The average molecular weight is 479 g/mol. The molecule has 4 heterocycles. The lowest BCUT2D eigenvalue weighted by Crippen LogP contribution is -2.37. The Morgan fingerprint density at radius 2 is 1.61 bits per heavy atom. The minimum Gasteiger partial charge on any atom is -0.454 e. The van der Waals surface area contributed by atoms with Crippen LogP contribution in [0, 0.1) is 0 Å². The van der Waals surface area contributed by atoms with Gasteiger partial charge in [-0.05, 0) is 35.4 Å². The first-order valence-electron chi connectivity index (χ1n) is 11.7. The van der Waals surface area contributed by atoms with Gasteiger partial charge in [-0.25, -0.2) is 4.79 Å². The van der Waals surface area contributed by atoms with Crippen molar-refractivity contribution >= 4 is 16.6 Å². The SMILES string of the molecule is Cn1c(=O)c2c(-c3ccccc3)n3c(c2n(C)c1=O)C(c1ccc2c(c1)OCO2)Nc1ccccc1-3. The van der Waals surface area contributed by atoms with Crippen LogP contribution in [0.15, 0.2) is 82.4 Å². The summed E-state index contributed by atoms with van der Waals surface area (Å²) in [7, 11) is 3.24. The normalized spacial score (nSPS) is 15.4. The van der Waals surface area contributed by atoms with Gasteiger partial charge in [-0.2, -0.15) is 0 Å². The highest BCUT2D eigenvalue weighted by Crippen LogP contribution is 2.46. The molecule has 0 aliphatic carbocycles. The number of hydrogen-bond donors (Lipinski definition) is 1. The summed E-state index contributed by atoms with van der Waals surface area (Å²) in [6, 6.07) is 23.3. The molecule has 8 nitrogen and oxygen atoms in total. The van der Waals surface area contributed by atoms with Gasteiger partial charge in [-0.1, -0.05) is 48.5 Å². The maximum Gasteiger partial charge on any atom is 0.331 e. The van der Waals surface area contributed by atoms with Crippen LogP contribution in [0.4, 0.5) is 5.69 Å². The molecule has 2 aromatic heterocycles. The molecule has 7 rings (SSSR count). The van der Waals surface area contributed by atoms with E-state index in [2.05, 4.69) is 9.88 Å². The predicted molar refractivity (Wildman–Crippen MR) is 137 cm³/mol. The van der Waals surface area contributed by atoms with Crippen LogP contribution in [-0.4, -0.2) is 20.5 Å². The number of anilines is 1. The third-order valence-electron chi connectivity index (χ3n) is 7.10. The Labute approximate surface area is 205 Å². The third-order valence-corrected chi connectivity index (χ3v) is 7.10. The van der Waals surface area contributed by atoms with E-state index in [0.717, 1.165) is 33.9 Å². The van der Waals surface area contributed by atoms with Crippen molar-refractivity contribution in [3.63, 3.8) is 0 Å². The number of hydrogen-bond acceptors (Lipinski definition) is 5. The third kappa shape index (κ3) is 2.69. The zero-order valence-corrected chi connectivity index (χ0v) is 19.7. The number of ether oxygens (including phenoxy) is 2. The Kier molecular flexibility index (Phi) is 4.23. The molecule has 1 N–H and O–H groups in total. The van der Waals surface area contributed by atoms with E-state index >= 15 is 0 Å². The Morgan fingerprint density at radius 3 is 2.44 bits per heavy atom. The molecule has 0 amide bonds. The summed E-state index contributed by atoms with van der Waals surface area (Å²) in [5.74, 6) is 1.37. The Morgan fingerprint density at radius 1 is 0.861 bits per heavy atom. The Balaban J connectivity index is 1.67. The van der Waals surface area contributed by atoms with Crippen LogP contribution in [0.1, 0.15) is 17.3 Å². The standard InChI is InChI=1S/C28H22N4O4/c1-30-25-22(27(33)31(2)28(30)34)24(16-8-4-3-5-9-16)32-19-11-7-6-10-18(19)29-23(26(25)32)17-12-13-20-21(14-17)36-15-35-20/h3-14,23,29H,15H2,1-2H3. The summed E-state index contributed by atoms with van der Waals surface area (Å²) in [5, 5.41) is 4.16. The smallest absolute Gasteiger partial charge is 0.331 e. The fourth-order valence-corrected chi connectivity index (χ4v) is 5.43. The minimum atomic E-state index is -0.371. The lowest BCUT2D eigenvalue weighted by Gasteiger charge is -2.31. The Bertz CT molecular complexity index is 1810. The summed E-state index contributed by atoms with van der Waals surface area (Å²) in [6.07, 6.45) is 0. The van der Waals surface area contributed by atoms with Gasteiger partial charge in [0.05, 0.1) is 39.7 Å². The molecule has 0 radical (unpaired) electrons. The first-order chi connectivity index (χ1) is 17.5. The molecule has 0 saturated heterocycles. The fraction of sp³-hybridized carbons (Fsp3) is 0.143. The zero-order chi connectivity index (χ0) is 24.6. The van der Waals surface area contributed by atoms with Gasteiger partial charge in [-0.3, -0.25) is 13.9 Å². The predicted octanol–water partition coefficient (Wildman–Crippen LogP) is 3.94. The van der Waals surface area contributed by atoms with Gasteiger partial charge >= 0.3 is 5.69 Å². The molecule has 5 aromatic rings. The van der Waals surface area contributed by atoms with E-state index in [-0.39, 0.29) is 24.1 Å². The number of nitrogens with zero attached hydrogens (tertiary/aromatic N) is 3. The van der Waals surface area contributed by atoms with E-state index < -0.39 is 0 Å². The summed E-state index contributed by atoms with van der Waals surface area (Å²) in [5.41, 5.74) is 5.15. The van der Waals surface area contributed by atoms with E-state index in [0.29, 0.717) is 22.4 Å². The molecular formula is C28H22N4O4. The van der Waals surface area contributed by atoms with E-state index in [9.17, 15) is 9.59 Å². The van der Waals surface area contributed by atoms with Crippen LogP contribution in [0.2, 0.25) is 0 Å². The van der Waals surface area contributed by atoms with Crippen LogP contribution in [0.25, 0.3) is 27.8 Å². The number of rotatable bonds is 2. The maximum atomic E-state index is 13.7. The van der Waals surface area contributed by atoms with Gasteiger partial charge < -0.3 is 19.4 Å². The molecule has 0 spiro atoms. The first kappa shape index (κ1) is 20.6. The van der Waals surface area contributed by atoms with Crippen LogP contribution >= 0.6 is 0 Å². The fourth-order valence-electron chi connectivity index (χ4n) is 5.43. The summed E-state index contributed by atoms with van der Waals surface area (Å²) >= 11 is 0. The van der Waals surface area contributed by atoms with Crippen molar-refractivity contribution in [2.45, 2.75) is 6.04 Å². The molecule has 1 unspecified atom stereocenters. The molecule has 3 aromatic carbocycles. The second-order valence-corrected chi connectivity index (χ2v) is 9.07. The van der Waals surface area contributed by atoms with Crippen molar-refractivity contribution in [1.82, 2.24) is 13.7 Å². The minimum absolute atomic E-state index is 0.182. The molecule has 0 bridgehead atoms. The summed E-state index contributed by atoms with van der Waals surface area (Å²) in [4.78, 5) is 26.8. The lowest BCUT2D eigenvalue weighted by atomic mass is 9.99. The zero-order valence-electron chi connectivity index (χ0n) is 19.7. The first-order valence-corrected chi connectivity index (χ1v) is 11.7. The van der Waals surface area contributed by atoms with Crippen molar-refractivity contribution in [2.75, 3.05) is 12.1 Å². The number of benzene rings is 3. The quantitative estimate of drug-likeness (QED) is 0.416. The highest BCUT2D eigenvalue weighted by Gasteiger charge is 2.35. The van der Waals surface area contributed by atoms with Gasteiger partial charge in [0.2, 0.25) is 6.79 Å². The van der Waals surface area contributed by atoms with Crippen LogP contribution in [0.5, 0.6) is 11.5 Å². The van der Waals surface area contributed by atoms with E-state index in [1.165, 1.54) is 11.6 Å². The van der Waals surface area contributed by atoms with Crippen molar-refractivity contribution in [2.24, 2.45) is 14.1 Å². The van der Waals surface area contributed by atoms with Crippen molar-refractivity contribution in [3.8, 4) is 28.4 Å². The lowest BCUT2D eigenvalue weighted by molar-refractivity contribution is 0.174. The molecule has 8 heteroatoms. The maximum absolute atomic E-state index is 13.7. The number of nitrogens with one attached hydrogen (secondary N) is 1. The Hall–Kier alpha value is -4.72. The van der Waals surface area contributed by atoms with Crippen molar-refractivity contribution in [3.05, 3.63) is 105 Å². The van der Waals surface area contributed by atoms with Gasteiger partial charge in [0, 0.05) is 14.1 Å². The van der Waals surface area contributed by atoms with E-state index in [4.69, 9.17) is 9.47 Å². The molecule has 36 heavy (non-hydrogen) atoms. The molecule has 2 aliphatic heterocycles. The largest absolute Gasteiger partial charge is 0.454 e. The monoisotopic (exact) mass is 478 g/mol. The topological polar surface area (TPSA) is 79.4 Å². The molecular weight excluding hydrogens is 456 g/mol. The highest BCUT2D eigenvalue weighted by atomic mass is 16.7. The molecule has 1 atom stereocenters. The molecule has 0 saturated carbocycles. The molecule has 0 fully saturated rings. The number of fused-ring (bicyclic) bond motifs is 6. The van der Waals surface area contributed by atoms with E-state index in [1.54, 1.807) is 11.6 Å². The van der Waals surface area contributed by atoms with Crippen LogP contribution in [-0.2, 0) is 14.1 Å². The second-order valence-electron chi connectivity index (χ2n) is 9.07. The highest BCUT2D eigenvalue weighted by molar-refractivity contribution is 5.99. The van der Waals surface area contributed by atoms with Gasteiger partial charge in [-0.15, -0.1) is 0 Å². The second kappa shape index (κ2) is 7.39. The summed E-state index contributed by atoms with van der Waals surface area (Å²) < 4.78 is 16.1.